The normalized spacial score (nSPS) is 10.3. The minimum atomic E-state index is -1.11. The fourth-order valence-electron chi connectivity index (χ4n) is 1.67. The summed E-state index contributed by atoms with van der Waals surface area (Å²) >= 11 is 1.52. The summed E-state index contributed by atoms with van der Waals surface area (Å²) in [5.74, 6) is 0.0679. The van der Waals surface area contributed by atoms with E-state index in [9.17, 15) is 9.59 Å². The van der Waals surface area contributed by atoms with Crippen molar-refractivity contribution in [1.82, 2.24) is 10.2 Å². The molecule has 110 valence electrons. The van der Waals surface area contributed by atoms with Gasteiger partial charge in [0, 0.05) is 6.07 Å². The number of carboxylic acid groups (broad SMARTS) is 1. The fraction of sp³-hybridized carbons (Fsp3) is 0.214. The van der Waals surface area contributed by atoms with Gasteiger partial charge in [-0.3, -0.25) is 9.89 Å². The lowest BCUT2D eigenvalue weighted by Crippen LogP contribution is -2.14. The molecule has 0 unspecified atom stereocenters. The van der Waals surface area contributed by atoms with Crippen LogP contribution in [-0.4, -0.2) is 38.7 Å². The smallest absolute Gasteiger partial charge is 0.353 e. The van der Waals surface area contributed by atoms with Crippen LogP contribution in [-0.2, 0) is 11.2 Å². The molecule has 0 aliphatic carbocycles. The van der Waals surface area contributed by atoms with Crippen molar-refractivity contribution in [3.8, 4) is 0 Å². The SMILES string of the molecule is O=C(CSCCc1ccccc1)Nc1cc(C(=O)O)[nH]n1. The van der Waals surface area contributed by atoms with Crippen LogP contribution in [0.2, 0.25) is 0 Å². The number of nitrogens with one attached hydrogen (secondary N) is 2. The molecule has 2 rings (SSSR count). The minimum Gasteiger partial charge on any atom is -0.477 e. The van der Waals surface area contributed by atoms with E-state index in [1.165, 1.54) is 23.4 Å². The number of amides is 1. The maximum Gasteiger partial charge on any atom is 0.353 e. The number of aromatic amines is 1. The number of aryl methyl sites for hydroxylation is 1. The van der Waals surface area contributed by atoms with Crippen LogP contribution in [0.1, 0.15) is 16.1 Å². The average molecular weight is 305 g/mol. The van der Waals surface area contributed by atoms with Gasteiger partial charge in [0.1, 0.15) is 5.69 Å². The molecule has 0 bridgehead atoms. The van der Waals surface area contributed by atoms with Gasteiger partial charge in [0.2, 0.25) is 5.91 Å². The van der Waals surface area contributed by atoms with Crippen molar-refractivity contribution in [3.05, 3.63) is 47.7 Å². The van der Waals surface area contributed by atoms with Crippen molar-refractivity contribution >= 4 is 29.5 Å². The molecule has 3 N–H and O–H groups in total. The Balaban J connectivity index is 1.68. The van der Waals surface area contributed by atoms with Crippen LogP contribution < -0.4 is 5.32 Å². The van der Waals surface area contributed by atoms with Gasteiger partial charge in [0.05, 0.1) is 5.75 Å². The number of thioether (sulfide) groups is 1. The number of aromatic carboxylic acids is 1. The summed E-state index contributed by atoms with van der Waals surface area (Å²) in [5.41, 5.74) is 1.19. The van der Waals surface area contributed by atoms with Gasteiger partial charge in [-0.2, -0.15) is 16.9 Å². The van der Waals surface area contributed by atoms with E-state index in [0.717, 1.165) is 12.2 Å². The summed E-state index contributed by atoms with van der Waals surface area (Å²) < 4.78 is 0. The molecule has 7 heteroatoms. The molecule has 0 radical (unpaired) electrons. The molecule has 21 heavy (non-hydrogen) atoms. The molecule has 1 aromatic carbocycles. The first-order valence-electron chi connectivity index (χ1n) is 6.35. The first-order chi connectivity index (χ1) is 10.1. The van der Waals surface area contributed by atoms with Crippen molar-refractivity contribution in [3.63, 3.8) is 0 Å². The van der Waals surface area contributed by atoms with E-state index in [1.54, 1.807) is 0 Å². The van der Waals surface area contributed by atoms with Crippen molar-refractivity contribution in [2.75, 3.05) is 16.8 Å². The lowest BCUT2D eigenvalue weighted by Gasteiger charge is -2.02. The van der Waals surface area contributed by atoms with Crippen LogP contribution in [0.5, 0.6) is 0 Å². The second kappa shape index (κ2) is 7.49. The van der Waals surface area contributed by atoms with Gasteiger partial charge in [-0.15, -0.1) is 0 Å². The molecule has 1 aromatic heterocycles. The third-order valence-electron chi connectivity index (χ3n) is 2.69. The maximum absolute atomic E-state index is 11.7. The van der Waals surface area contributed by atoms with E-state index >= 15 is 0 Å². The van der Waals surface area contributed by atoms with Crippen molar-refractivity contribution in [2.24, 2.45) is 0 Å². The van der Waals surface area contributed by atoms with E-state index in [4.69, 9.17) is 5.11 Å². The number of H-pyrrole nitrogens is 1. The van der Waals surface area contributed by atoms with Gasteiger partial charge in [0.15, 0.2) is 5.82 Å². The minimum absolute atomic E-state index is 0.0537. The Bertz CT molecular complexity index is 613. The highest BCUT2D eigenvalue weighted by atomic mass is 32.2. The number of hydrogen-bond donors (Lipinski definition) is 3. The molecule has 1 amide bonds. The molecular formula is C14H15N3O3S. The number of nitrogens with zero attached hydrogens (tertiary/aromatic N) is 1. The van der Waals surface area contributed by atoms with Gasteiger partial charge < -0.3 is 10.4 Å². The van der Waals surface area contributed by atoms with E-state index in [1.807, 2.05) is 18.2 Å². The van der Waals surface area contributed by atoms with Crippen LogP contribution >= 0.6 is 11.8 Å². The fourth-order valence-corrected chi connectivity index (χ4v) is 2.46. The standard InChI is InChI=1S/C14H15N3O3S/c18-13(15-12-8-11(14(19)20)16-17-12)9-21-7-6-10-4-2-1-3-5-10/h1-5,8H,6-7,9H2,(H,19,20)(H2,15,16,17,18). The summed E-state index contributed by atoms with van der Waals surface area (Å²) in [7, 11) is 0. The number of benzene rings is 1. The monoisotopic (exact) mass is 305 g/mol. The number of anilines is 1. The zero-order chi connectivity index (χ0) is 15.1. The first kappa shape index (κ1) is 15.1. The Morgan fingerprint density at radius 3 is 2.71 bits per heavy atom. The summed E-state index contributed by atoms with van der Waals surface area (Å²) in [6.45, 7) is 0. The van der Waals surface area contributed by atoms with Crippen molar-refractivity contribution in [2.45, 2.75) is 6.42 Å². The summed E-state index contributed by atoms with van der Waals surface area (Å²) in [4.78, 5) is 22.3. The third-order valence-corrected chi connectivity index (χ3v) is 3.65. The molecule has 0 aliphatic rings. The van der Waals surface area contributed by atoms with E-state index in [-0.39, 0.29) is 17.4 Å². The highest BCUT2D eigenvalue weighted by Gasteiger charge is 2.09. The van der Waals surface area contributed by atoms with E-state index < -0.39 is 5.97 Å². The highest BCUT2D eigenvalue weighted by Crippen LogP contribution is 2.09. The zero-order valence-corrected chi connectivity index (χ0v) is 12.0. The quantitative estimate of drug-likeness (QED) is 0.680. The molecule has 0 fully saturated rings. The topological polar surface area (TPSA) is 95.1 Å². The van der Waals surface area contributed by atoms with Crippen LogP contribution in [0, 0.1) is 0 Å². The highest BCUT2D eigenvalue weighted by molar-refractivity contribution is 7.99. The first-order valence-corrected chi connectivity index (χ1v) is 7.51. The lowest BCUT2D eigenvalue weighted by atomic mass is 10.2. The molecule has 0 atom stereocenters. The number of carbonyl (C=O) groups is 2. The average Bonchev–Trinajstić information content (AvgIpc) is 2.93. The Hall–Kier alpha value is -2.28. The van der Waals surface area contributed by atoms with Gasteiger partial charge in [-0.25, -0.2) is 4.79 Å². The predicted molar refractivity (Wildman–Crippen MR) is 81.6 cm³/mol. The van der Waals surface area contributed by atoms with Crippen LogP contribution in [0.15, 0.2) is 36.4 Å². The molecule has 0 saturated carbocycles. The molecule has 6 nitrogen and oxygen atoms in total. The number of rotatable bonds is 7. The maximum atomic E-state index is 11.7. The number of hydrogen-bond acceptors (Lipinski definition) is 4. The van der Waals surface area contributed by atoms with Gasteiger partial charge >= 0.3 is 5.97 Å². The second-order valence-corrected chi connectivity index (χ2v) is 5.41. The van der Waals surface area contributed by atoms with E-state index in [0.29, 0.717) is 5.75 Å². The Morgan fingerprint density at radius 1 is 1.29 bits per heavy atom. The molecular weight excluding hydrogens is 290 g/mol. The summed E-state index contributed by atoms with van der Waals surface area (Å²) in [5, 5.41) is 17.3. The molecule has 0 saturated heterocycles. The summed E-state index contributed by atoms with van der Waals surface area (Å²) in [6, 6.07) is 11.3. The molecule has 1 heterocycles. The van der Waals surface area contributed by atoms with Gasteiger partial charge in [-0.05, 0) is 17.7 Å². The van der Waals surface area contributed by atoms with Gasteiger partial charge in [0.25, 0.3) is 0 Å². The van der Waals surface area contributed by atoms with Crippen LogP contribution in [0.25, 0.3) is 0 Å². The molecule has 0 aliphatic heterocycles. The zero-order valence-electron chi connectivity index (χ0n) is 11.2. The van der Waals surface area contributed by atoms with Crippen LogP contribution in [0.4, 0.5) is 5.82 Å². The second-order valence-electron chi connectivity index (χ2n) is 4.31. The molecule has 0 spiro atoms. The Morgan fingerprint density at radius 2 is 2.05 bits per heavy atom. The Labute approximate surface area is 126 Å². The summed E-state index contributed by atoms with van der Waals surface area (Å²) in [6.07, 6.45) is 0.907. The number of carbonyl (C=O) groups excluding carboxylic acids is 1. The van der Waals surface area contributed by atoms with Crippen molar-refractivity contribution < 1.29 is 14.7 Å². The Kier molecular flexibility index (Phi) is 5.39. The molecule has 2 aromatic rings. The van der Waals surface area contributed by atoms with Gasteiger partial charge in [-0.1, -0.05) is 30.3 Å². The number of carboxylic acids is 1. The number of aromatic nitrogens is 2. The lowest BCUT2D eigenvalue weighted by molar-refractivity contribution is -0.113. The predicted octanol–water partition coefficient (Wildman–Crippen LogP) is 2.02. The van der Waals surface area contributed by atoms with E-state index in [2.05, 4.69) is 27.6 Å². The largest absolute Gasteiger partial charge is 0.477 e. The van der Waals surface area contributed by atoms with Crippen LogP contribution in [0.3, 0.4) is 0 Å². The third kappa shape index (κ3) is 4.96. The van der Waals surface area contributed by atoms with Crippen molar-refractivity contribution in [1.29, 1.82) is 0 Å².